The highest BCUT2D eigenvalue weighted by Gasteiger charge is 2.61. The van der Waals surface area contributed by atoms with Crippen molar-refractivity contribution in [1.82, 2.24) is 9.78 Å². The Kier molecular flexibility index (Phi) is 6.21. The number of hydrogen-bond acceptors (Lipinski definition) is 3. The van der Waals surface area contributed by atoms with Crippen LogP contribution >= 0.6 is 0 Å². The van der Waals surface area contributed by atoms with Gasteiger partial charge in [0.1, 0.15) is 5.82 Å². The van der Waals surface area contributed by atoms with Crippen LogP contribution in [-0.4, -0.2) is 27.8 Å². The van der Waals surface area contributed by atoms with Crippen molar-refractivity contribution in [3.63, 3.8) is 0 Å². The molecule has 2 heterocycles. The first kappa shape index (κ1) is 22.8. The number of benzene rings is 1. The van der Waals surface area contributed by atoms with Crippen LogP contribution in [0.25, 0.3) is 11.8 Å². The molecular formula is C28H37FN2O2. The molecule has 1 saturated heterocycles. The maximum Gasteiger partial charge on any atom is 0.178 e. The van der Waals surface area contributed by atoms with E-state index in [1.165, 1.54) is 49.0 Å². The molecule has 1 saturated carbocycles. The Bertz CT molecular complexity index is 995. The van der Waals surface area contributed by atoms with Crippen LogP contribution in [0.5, 0.6) is 0 Å². The van der Waals surface area contributed by atoms with E-state index in [9.17, 15) is 4.39 Å². The molecule has 1 spiro atoms. The Hall–Kier alpha value is -1.98. The van der Waals surface area contributed by atoms with E-state index >= 15 is 0 Å². The fraction of sp³-hybridized carbons (Fsp3) is 0.607. The third-order valence-corrected chi connectivity index (χ3v) is 8.10. The standard InChI is InChI=1S/C28H37FN2O2/c1-4-6-10-25-26(11-7-5-2)33-28(32-25)16-8-9-21-17-24-20(18-27(21,28)3)19-30-31(24)23-14-12-22(29)13-15-23/h12-15,17,19,25-26H,4-11,16,18H2,1-3H3/t25-,26-,27+/m1/s1. The number of aromatic nitrogens is 2. The summed E-state index contributed by atoms with van der Waals surface area (Å²) in [6.07, 6.45) is 15.5. The number of rotatable bonds is 7. The van der Waals surface area contributed by atoms with E-state index in [0.717, 1.165) is 49.9 Å². The Morgan fingerprint density at radius 3 is 2.36 bits per heavy atom. The second kappa shape index (κ2) is 8.99. The number of ether oxygens (including phenoxy) is 2. The van der Waals surface area contributed by atoms with Crippen molar-refractivity contribution in [1.29, 1.82) is 0 Å². The smallest absolute Gasteiger partial charge is 0.178 e. The normalized spacial score (nSPS) is 27.9. The molecule has 0 unspecified atom stereocenters. The minimum absolute atomic E-state index is 0.191. The van der Waals surface area contributed by atoms with Crippen molar-refractivity contribution in [2.45, 2.75) is 103 Å². The molecule has 0 amide bonds. The third-order valence-electron chi connectivity index (χ3n) is 8.10. The number of fused-ring (bicyclic) bond motifs is 3. The van der Waals surface area contributed by atoms with Gasteiger partial charge in [-0.25, -0.2) is 9.07 Å². The van der Waals surface area contributed by atoms with Gasteiger partial charge < -0.3 is 9.47 Å². The topological polar surface area (TPSA) is 36.3 Å². The van der Waals surface area contributed by atoms with E-state index in [1.807, 2.05) is 10.9 Å². The van der Waals surface area contributed by atoms with Gasteiger partial charge in [0.2, 0.25) is 0 Å². The second-order valence-corrected chi connectivity index (χ2v) is 10.3. The van der Waals surface area contributed by atoms with E-state index in [0.29, 0.717) is 0 Å². The predicted molar refractivity (Wildman–Crippen MR) is 129 cm³/mol. The summed E-state index contributed by atoms with van der Waals surface area (Å²) < 4.78 is 29.3. The van der Waals surface area contributed by atoms with Crippen molar-refractivity contribution in [3.05, 3.63) is 53.1 Å². The molecule has 2 fully saturated rings. The van der Waals surface area contributed by atoms with Gasteiger partial charge >= 0.3 is 0 Å². The fourth-order valence-corrected chi connectivity index (χ4v) is 6.15. The Balaban J connectivity index is 1.48. The van der Waals surface area contributed by atoms with Gasteiger partial charge in [-0.05, 0) is 68.0 Å². The summed E-state index contributed by atoms with van der Waals surface area (Å²) in [5.41, 5.74) is 4.41. The average Bonchev–Trinajstić information content (AvgIpc) is 3.38. The van der Waals surface area contributed by atoms with Crippen LogP contribution in [0.15, 0.2) is 36.0 Å². The predicted octanol–water partition coefficient (Wildman–Crippen LogP) is 7.00. The molecule has 0 radical (unpaired) electrons. The highest BCUT2D eigenvalue weighted by molar-refractivity contribution is 5.62. The molecule has 3 atom stereocenters. The van der Waals surface area contributed by atoms with Gasteiger partial charge in [0.05, 0.1) is 29.8 Å². The van der Waals surface area contributed by atoms with Crippen molar-refractivity contribution < 1.29 is 13.9 Å². The first-order valence-corrected chi connectivity index (χ1v) is 12.9. The highest BCUT2D eigenvalue weighted by atomic mass is 19.1. The van der Waals surface area contributed by atoms with Gasteiger partial charge in [0.15, 0.2) is 5.79 Å². The van der Waals surface area contributed by atoms with Crippen molar-refractivity contribution in [3.8, 4) is 5.69 Å². The van der Waals surface area contributed by atoms with Crippen LogP contribution in [0.3, 0.4) is 0 Å². The van der Waals surface area contributed by atoms with Crippen molar-refractivity contribution in [2.75, 3.05) is 0 Å². The quantitative estimate of drug-likeness (QED) is 0.454. The molecule has 4 nitrogen and oxygen atoms in total. The first-order valence-electron chi connectivity index (χ1n) is 12.9. The van der Waals surface area contributed by atoms with E-state index < -0.39 is 5.79 Å². The summed E-state index contributed by atoms with van der Waals surface area (Å²) >= 11 is 0. The number of halogens is 1. The van der Waals surface area contributed by atoms with Crippen molar-refractivity contribution >= 4 is 6.08 Å². The van der Waals surface area contributed by atoms with Crippen LogP contribution in [0, 0.1) is 11.2 Å². The molecule has 1 aromatic carbocycles. The molecule has 2 aliphatic carbocycles. The monoisotopic (exact) mass is 452 g/mol. The highest BCUT2D eigenvalue weighted by Crippen LogP contribution is 2.58. The zero-order valence-electron chi connectivity index (χ0n) is 20.3. The van der Waals surface area contributed by atoms with Gasteiger partial charge in [-0.3, -0.25) is 0 Å². The molecule has 5 heteroatoms. The zero-order chi connectivity index (χ0) is 23.1. The van der Waals surface area contributed by atoms with Crippen LogP contribution in [0.2, 0.25) is 0 Å². The molecule has 1 aromatic heterocycles. The number of hydrogen-bond donors (Lipinski definition) is 0. The van der Waals surface area contributed by atoms with Crippen LogP contribution in [0.1, 0.15) is 89.8 Å². The summed E-state index contributed by atoms with van der Waals surface area (Å²) in [4.78, 5) is 0. The average molecular weight is 453 g/mol. The summed E-state index contributed by atoms with van der Waals surface area (Å²) in [6.45, 7) is 6.84. The van der Waals surface area contributed by atoms with E-state index in [1.54, 1.807) is 12.1 Å². The maximum absolute atomic E-state index is 13.5. The number of unbranched alkanes of at least 4 members (excludes halogenated alkanes) is 2. The van der Waals surface area contributed by atoms with Gasteiger partial charge in [0, 0.05) is 11.8 Å². The Morgan fingerprint density at radius 2 is 1.73 bits per heavy atom. The third kappa shape index (κ3) is 3.87. The van der Waals surface area contributed by atoms with Crippen LogP contribution in [-0.2, 0) is 15.9 Å². The summed E-state index contributed by atoms with van der Waals surface area (Å²) in [6, 6.07) is 6.56. The second-order valence-electron chi connectivity index (χ2n) is 10.3. The van der Waals surface area contributed by atoms with Gasteiger partial charge in [-0.1, -0.05) is 52.0 Å². The molecule has 5 rings (SSSR count). The lowest BCUT2D eigenvalue weighted by atomic mass is 9.62. The largest absolute Gasteiger partial charge is 0.343 e. The fourth-order valence-electron chi connectivity index (χ4n) is 6.15. The Morgan fingerprint density at radius 1 is 1.06 bits per heavy atom. The van der Waals surface area contributed by atoms with Gasteiger partial charge in [-0.2, -0.15) is 5.10 Å². The van der Waals surface area contributed by atoms with E-state index in [2.05, 4.69) is 31.9 Å². The van der Waals surface area contributed by atoms with Gasteiger partial charge in [-0.15, -0.1) is 0 Å². The van der Waals surface area contributed by atoms with Gasteiger partial charge in [0.25, 0.3) is 0 Å². The van der Waals surface area contributed by atoms with E-state index in [-0.39, 0.29) is 23.4 Å². The SMILES string of the molecule is CCCC[C@H]1OC2(CCCC3=Cc4c(cnn4-c4ccc(F)cc4)C[C@@]32C)O[C@@H]1CCCC. The maximum atomic E-state index is 13.5. The lowest BCUT2D eigenvalue weighted by Gasteiger charge is -2.51. The zero-order valence-corrected chi connectivity index (χ0v) is 20.3. The van der Waals surface area contributed by atoms with Crippen molar-refractivity contribution in [2.24, 2.45) is 5.41 Å². The van der Waals surface area contributed by atoms with E-state index in [4.69, 9.17) is 9.47 Å². The molecule has 0 bridgehead atoms. The van der Waals surface area contributed by atoms with Crippen LogP contribution < -0.4 is 0 Å². The molecule has 2 aromatic rings. The molecule has 0 N–H and O–H groups in total. The first-order chi connectivity index (χ1) is 16.0. The minimum atomic E-state index is -0.552. The van der Waals surface area contributed by atoms with Crippen LogP contribution in [0.4, 0.5) is 4.39 Å². The Labute approximate surface area is 197 Å². The number of nitrogens with zero attached hydrogens (tertiary/aromatic N) is 2. The molecule has 33 heavy (non-hydrogen) atoms. The minimum Gasteiger partial charge on any atom is -0.343 e. The molecular weight excluding hydrogens is 415 g/mol. The molecule has 3 aliphatic rings. The lowest BCUT2D eigenvalue weighted by Crippen LogP contribution is -2.53. The summed E-state index contributed by atoms with van der Waals surface area (Å²) in [5, 5.41) is 4.68. The summed E-state index contributed by atoms with van der Waals surface area (Å²) in [7, 11) is 0. The lowest BCUT2D eigenvalue weighted by molar-refractivity contribution is -0.248. The molecule has 1 aliphatic heterocycles. The molecule has 178 valence electrons. The summed E-state index contributed by atoms with van der Waals surface area (Å²) in [5.74, 6) is -0.783.